The van der Waals surface area contributed by atoms with Crippen LogP contribution in [0.15, 0.2) is 16.7 Å². The second-order valence-electron chi connectivity index (χ2n) is 8.71. The van der Waals surface area contributed by atoms with Crippen LogP contribution >= 0.6 is 0 Å². The summed E-state index contributed by atoms with van der Waals surface area (Å²) in [6.07, 6.45) is -16.1. The van der Waals surface area contributed by atoms with Crippen molar-refractivity contribution in [2.45, 2.75) is 57.8 Å². The SMILES string of the molecule is O=S(=O)(NC(OC(F)=C(F)C(F)(F)C(F)(F)C(F)(F)C(F)(F)C(F)(F)C(F)(F)C(F)(F)F)(C(F)(F)F)S(=O)(=O)[O-])c1c(F)c(F)c(F)c(F)c1F.[Na+]. The topological polar surface area (TPSA) is 113 Å². The van der Waals surface area contributed by atoms with E-state index in [0.717, 1.165) is 0 Å². The minimum absolute atomic E-state index is 0. The van der Waals surface area contributed by atoms with Gasteiger partial charge >= 0.3 is 88.5 Å². The molecule has 0 bridgehead atoms. The molecule has 1 aromatic carbocycles. The number of ether oxygens (including phenoxy) is 1. The number of nitrogens with one attached hydrogen (secondary N) is 1. The van der Waals surface area contributed by atoms with Crippen LogP contribution in [-0.2, 0) is 24.9 Å². The number of halogens is 25. The predicted octanol–water partition coefficient (Wildman–Crippen LogP) is 3.92. The first-order valence-corrected chi connectivity index (χ1v) is 13.5. The van der Waals surface area contributed by atoms with Crippen molar-refractivity contribution in [3.05, 3.63) is 40.9 Å². The molecule has 0 spiro atoms. The number of hydrogen-bond acceptors (Lipinski definition) is 6. The van der Waals surface area contributed by atoms with Gasteiger partial charge in [-0.15, -0.1) is 4.72 Å². The molecule has 1 rings (SSSR count). The van der Waals surface area contributed by atoms with Crippen LogP contribution in [0.2, 0.25) is 0 Å². The Kier molecular flexibility index (Phi) is 13.3. The maximum absolute atomic E-state index is 14.1. The zero-order valence-electron chi connectivity index (χ0n) is 22.7. The fraction of sp³-hybridized carbons (Fsp3) is 0.529. The average molecular weight is 877 g/mol. The molecule has 1 atom stereocenters. The molecule has 0 saturated heterocycles. The Labute approximate surface area is 288 Å². The number of sulfonamides is 1. The van der Waals surface area contributed by atoms with Gasteiger partial charge in [0.25, 0.3) is 10.0 Å². The zero-order chi connectivity index (χ0) is 41.5. The molecule has 7 nitrogen and oxygen atoms in total. The summed E-state index contributed by atoms with van der Waals surface area (Å²) in [7, 11) is -16.3. The van der Waals surface area contributed by atoms with E-state index in [9.17, 15) is 131 Å². The summed E-state index contributed by atoms with van der Waals surface area (Å²) >= 11 is 0. The molecule has 0 aliphatic heterocycles. The van der Waals surface area contributed by atoms with Crippen molar-refractivity contribution in [3.63, 3.8) is 0 Å². The quantitative estimate of drug-likeness (QED) is 0.0649. The number of rotatable bonds is 12. The van der Waals surface area contributed by atoms with Crippen molar-refractivity contribution in [1.82, 2.24) is 4.72 Å². The maximum atomic E-state index is 14.1. The third kappa shape index (κ3) is 7.18. The Morgan fingerprint density at radius 1 is 0.519 bits per heavy atom. The van der Waals surface area contributed by atoms with Crippen LogP contribution in [0.3, 0.4) is 0 Å². The predicted molar refractivity (Wildman–Crippen MR) is 101 cm³/mol. The van der Waals surface area contributed by atoms with Gasteiger partial charge in [0.1, 0.15) is 0 Å². The normalized spacial score (nSPS) is 16.6. The van der Waals surface area contributed by atoms with Gasteiger partial charge in [-0.2, -0.15) is 87.8 Å². The Morgan fingerprint density at radius 3 is 1.13 bits per heavy atom. The van der Waals surface area contributed by atoms with Gasteiger partial charge in [-0.05, 0) is 0 Å². The van der Waals surface area contributed by atoms with E-state index in [1.54, 1.807) is 0 Å². The largest absolute Gasteiger partial charge is 1.00 e. The fourth-order valence-electron chi connectivity index (χ4n) is 2.83. The molecule has 1 aromatic rings. The molecular weight excluding hydrogens is 876 g/mol. The molecule has 0 radical (unpaired) electrons. The molecular formula is C17HF25NNaO6S2. The molecule has 0 heterocycles. The second kappa shape index (κ2) is 13.8. The van der Waals surface area contributed by atoms with Crippen molar-refractivity contribution in [2.24, 2.45) is 0 Å². The maximum Gasteiger partial charge on any atom is 1.00 e. The van der Waals surface area contributed by atoms with Crippen LogP contribution in [0, 0.1) is 29.1 Å². The van der Waals surface area contributed by atoms with Crippen molar-refractivity contribution in [1.29, 1.82) is 0 Å². The molecule has 298 valence electrons. The first-order valence-electron chi connectivity index (χ1n) is 10.6. The molecule has 0 aliphatic carbocycles. The van der Waals surface area contributed by atoms with Gasteiger partial charge in [-0.3, -0.25) is 0 Å². The van der Waals surface area contributed by atoms with Gasteiger partial charge < -0.3 is 9.29 Å². The van der Waals surface area contributed by atoms with Crippen molar-refractivity contribution in [3.8, 4) is 0 Å². The van der Waals surface area contributed by atoms with Gasteiger partial charge in [0.15, 0.2) is 38.3 Å². The third-order valence-corrected chi connectivity index (χ3v) is 8.14. The van der Waals surface area contributed by atoms with Crippen molar-refractivity contribution in [2.75, 3.05) is 0 Å². The van der Waals surface area contributed by atoms with E-state index in [4.69, 9.17) is 0 Å². The first kappa shape index (κ1) is 49.8. The van der Waals surface area contributed by atoms with Crippen LogP contribution in [0.5, 0.6) is 0 Å². The van der Waals surface area contributed by atoms with E-state index >= 15 is 0 Å². The van der Waals surface area contributed by atoms with Gasteiger partial charge in [0, 0.05) is 0 Å². The van der Waals surface area contributed by atoms with Crippen LogP contribution in [0.4, 0.5) is 110 Å². The summed E-state index contributed by atoms with van der Waals surface area (Å²) in [5.41, 5.74) is 0. The number of allylic oxidation sites excluding steroid dienone is 1. The van der Waals surface area contributed by atoms with E-state index in [2.05, 4.69) is 0 Å². The van der Waals surface area contributed by atoms with Crippen LogP contribution in [0.25, 0.3) is 0 Å². The van der Waals surface area contributed by atoms with Gasteiger partial charge in [0.05, 0.1) is 0 Å². The Hall–Kier alpha value is -2.17. The smallest absolute Gasteiger partial charge is 0.743 e. The van der Waals surface area contributed by atoms with E-state index in [0.29, 0.717) is 0 Å². The summed E-state index contributed by atoms with van der Waals surface area (Å²) < 4.78 is 394. The summed E-state index contributed by atoms with van der Waals surface area (Å²) in [6.45, 7) is 0. The molecule has 0 amide bonds. The third-order valence-electron chi connectivity index (χ3n) is 5.44. The molecule has 35 heteroatoms. The summed E-state index contributed by atoms with van der Waals surface area (Å²) in [6, 6.07) is -5.43. The van der Waals surface area contributed by atoms with E-state index < -0.39 is 124 Å². The molecule has 1 N–H and O–H groups in total. The molecule has 0 saturated carbocycles. The second-order valence-corrected chi connectivity index (χ2v) is 11.8. The van der Waals surface area contributed by atoms with E-state index in [-0.39, 0.29) is 29.6 Å². The summed E-state index contributed by atoms with van der Waals surface area (Å²) in [4.78, 5) is -3.75. The van der Waals surface area contributed by atoms with E-state index in [1.165, 1.54) is 0 Å². The first-order chi connectivity index (χ1) is 21.9. The van der Waals surface area contributed by atoms with Crippen LogP contribution in [-0.4, -0.2) is 74.3 Å². The molecule has 52 heavy (non-hydrogen) atoms. The van der Waals surface area contributed by atoms with Crippen LogP contribution in [0.1, 0.15) is 0 Å². The van der Waals surface area contributed by atoms with Gasteiger partial charge in [-0.25, -0.2) is 38.8 Å². The molecule has 1 unspecified atom stereocenters. The molecule has 0 fully saturated rings. The summed E-state index contributed by atoms with van der Waals surface area (Å²) in [5, 5.41) is -7.42. The van der Waals surface area contributed by atoms with Gasteiger partial charge in [-0.1, -0.05) is 0 Å². The monoisotopic (exact) mass is 877 g/mol. The van der Waals surface area contributed by atoms with Crippen LogP contribution < -0.4 is 34.3 Å². The van der Waals surface area contributed by atoms with Gasteiger partial charge in [0.2, 0.25) is 11.6 Å². The van der Waals surface area contributed by atoms with Crippen molar-refractivity contribution >= 4 is 20.1 Å². The minimum atomic E-state index is -9.29. The minimum Gasteiger partial charge on any atom is -0.743 e. The van der Waals surface area contributed by atoms with Crippen molar-refractivity contribution < 1.29 is 165 Å². The molecule has 0 aliphatic rings. The summed E-state index contributed by atoms with van der Waals surface area (Å²) in [5.74, 6) is -77.9. The zero-order valence-corrected chi connectivity index (χ0v) is 26.3. The number of benzene rings is 1. The average Bonchev–Trinajstić information content (AvgIpc) is 2.91. The fourth-order valence-corrected chi connectivity index (χ4v) is 5.29. The standard InChI is InChI=1S/C17H2F25NO6S2.Na/c18-1-2(19)4(21)6(5(22)3(1)20)50(44,45)43-17(16(40,41)42,51(46,47)48)49-8(24)7(23)9(25,26)10(27,28)11(29,30)12(31,32)13(33,34)14(35,36)15(37,38)39;/h43H,(H,46,47,48);/q;+1/p-1. The molecule has 0 aromatic heterocycles. The Bertz CT molecular complexity index is 1780. The Morgan fingerprint density at radius 2 is 0.827 bits per heavy atom. The Balaban J connectivity index is 0.0000260. The number of alkyl halides is 18. The number of hydrogen-bond donors (Lipinski definition) is 1. The van der Waals surface area contributed by atoms with E-state index in [1.807, 2.05) is 4.74 Å².